The minimum atomic E-state index is -0.214. The van der Waals surface area contributed by atoms with Gasteiger partial charge in [-0.1, -0.05) is 6.07 Å². The van der Waals surface area contributed by atoms with Crippen LogP contribution in [-0.4, -0.2) is 27.3 Å². The van der Waals surface area contributed by atoms with Gasteiger partial charge < -0.3 is 10.5 Å². The highest BCUT2D eigenvalue weighted by molar-refractivity contribution is 5.73. The Bertz CT molecular complexity index is 556. The Hall–Kier alpha value is -2.11. The van der Waals surface area contributed by atoms with Gasteiger partial charge in [0.1, 0.15) is 0 Å². The van der Waals surface area contributed by atoms with Crippen LogP contribution in [0.2, 0.25) is 0 Å². The summed E-state index contributed by atoms with van der Waals surface area (Å²) >= 11 is 0. The topological polar surface area (TPSA) is 78.8 Å². The summed E-state index contributed by atoms with van der Waals surface area (Å²) in [7, 11) is 1.58. The highest BCUT2D eigenvalue weighted by Crippen LogP contribution is 2.34. The maximum atomic E-state index is 5.89. The van der Waals surface area contributed by atoms with Crippen molar-refractivity contribution in [3.8, 4) is 17.1 Å². The third-order valence-corrected chi connectivity index (χ3v) is 2.60. The number of anilines is 1. The molecule has 0 bridgehead atoms. The van der Waals surface area contributed by atoms with Crippen LogP contribution in [0, 0.1) is 0 Å². The third kappa shape index (κ3) is 2.01. The molecule has 2 N–H and O–H groups in total. The molecule has 18 heavy (non-hydrogen) atoms. The summed E-state index contributed by atoms with van der Waals surface area (Å²) in [6, 6.07) is 5.53. The van der Waals surface area contributed by atoms with Crippen LogP contribution >= 0.6 is 0 Å². The summed E-state index contributed by atoms with van der Waals surface area (Å²) in [6.45, 7) is 6.10. The van der Waals surface area contributed by atoms with Crippen LogP contribution in [0.5, 0.6) is 5.75 Å². The van der Waals surface area contributed by atoms with Crippen molar-refractivity contribution in [3.63, 3.8) is 0 Å². The Morgan fingerprint density at radius 1 is 1.28 bits per heavy atom. The van der Waals surface area contributed by atoms with Gasteiger partial charge in [-0.3, -0.25) is 0 Å². The van der Waals surface area contributed by atoms with Gasteiger partial charge in [0.15, 0.2) is 11.6 Å². The van der Waals surface area contributed by atoms with E-state index in [-0.39, 0.29) is 5.54 Å². The minimum absolute atomic E-state index is 0.214. The van der Waals surface area contributed by atoms with Crippen LogP contribution in [0.1, 0.15) is 20.8 Å². The molecule has 0 saturated heterocycles. The molecule has 6 heteroatoms. The van der Waals surface area contributed by atoms with Gasteiger partial charge in [-0.05, 0) is 43.3 Å². The summed E-state index contributed by atoms with van der Waals surface area (Å²) in [4.78, 5) is 0. The SMILES string of the molecule is COc1c(N)cccc1-c1nnnn1C(C)(C)C. The van der Waals surface area contributed by atoms with Crippen molar-refractivity contribution in [2.75, 3.05) is 12.8 Å². The quantitative estimate of drug-likeness (QED) is 0.817. The molecular formula is C12H17N5O. The highest BCUT2D eigenvalue weighted by Gasteiger charge is 2.23. The lowest BCUT2D eigenvalue weighted by molar-refractivity contribution is 0.350. The van der Waals surface area contributed by atoms with E-state index >= 15 is 0 Å². The van der Waals surface area contributed by atoms with E-state index in [0.29, 0.717) is 17.3 Å². The number of nitrogens with zero attached hydrogens (tertiary/aromatic N) is 4. The van der Waals surface area contributed by atoms with Crippen molar-refractivity contribution in [3.05, 3.63) is 18.2 Å². The largest absolute Gasteiger partial charge is 0.494 e. The Kier molecular flexibility index (Phi) is 2.94. The van der Waals surface area contributed by atoms with Crippen molar-refractivity contribution < 1.29 is 4.74 Å². The van der Waals surface area contributed by atoms with E-state index in [2.05, 4.69) is 15.5 Å². The van der Waals surface area contributed by atoms with Crippen LogP contribution in [0.4, 0.5) is 5.69 Å². The van der Waals surface area contributed by atoms with Crippen LogP contribution in [0.25, 0.3) is 11.4 Å². The zero-order valence-corrected chi connectivity index (χ0v) is 11.0. The van der Waals surface area contributed by atoms with Gasteiger partial charge in [0.05, 0.1) is 23.9 Å². The summed E-state index contributed by atoms with van der Waals surface area (Å²) in [5.74, 6) is 1.24. The fraction of sp³-hybridized carbons (Fsp3) is 0.417. The summed E-state index contributed by atoms with van der Waals surface area (Å²) in [5.41, 5.74) is 7.04. The van der Waals surface area contributed by atoms with Crippen LogP contribution in [0.3, 0.4) is 0 Å². The van der Waals surface area contributed by atoms with Crippen molar-refractivity contribution in [1.29, 1.82) is 0 Å². The predicted octanol–water partition coefficient (Wildman–Crippen LogP) is 1.69. The second-order valence-electron chi connectivity index (χ2n) is 5.01. The first kappa shape index (κ1) is 12.3. The van der Waals surface area contributed by atoms with E-state index < -0.39 is 0 Å². The maximum absolute atomic E-state index is 5.89. The summed E-state index contributed by atoms with van der Waals surface area (Å²) in [5, 5.41) is 11.8. The first-order valence-electron chi connectivity index (χ1n) is 5.67. The monoisotopic (exact) mass is 247 g/mol. The number of aromatic nitrogens is 4. The molecule has 6 nitrogen and oxygen atoms in total. The maximum Gasteiger partial charge on any atom is 0.186 e. The van der Waals surface area contributed by atoms with Gasteiger partial charge in [-0.25, -0.2) is 4.68 Å². The van der Waals surface area contributed by atoms with E-state index in [9.17, 15) is 0 Å². The Morgan fingerprint density at radius 3 is 2.61 bits per heavy atom. The molecule has 2 rings (SSSR count). The number of ether oxygens (including phenoxy) is 1. The number of benzene rings is 1. The first-order valence-corrected chi connectivity index (χ1v) is 5.67. The number of hydrogen-bond acceptors (Lipinski definition) is 5. The second kappa shape index (κ2) is 4.29. The average Bonchev–Trinajstić information content (AvgIpc) is 2.77. The standard InChI is InChI=1S/C12H17N5O/c1-12(2,3)17-11(14-15-16-17)8-6-5-7-9(13)10(8)18-4/h5-7H,13H2,1-4H3. The number of tetrazole rings is 1. The Morgan fingerprint density at radius 2 is 2.00 bits per heavy atom. The number of methoxy groups -OCH3 is 1. The van der Waals surface area contributed by atoms with Crippen molar-refractivity contribution in [2.24, 2.45) is 0 Å². The summed E-state index contributed by atoms with van der Waals surface area (Å²) in [6.07, 6.45) is 0. The highest BCUT2D eigenvalue weighted by atomic mass is 16.5. The molecule has 0 amide bonds. The van der Waals surface area contributed by atoms with E-state index in [4.69, 9.17) is 10.5 Å². The lowest BCUT2D eigenvalue weighted by Gasteiger charge is -2.20. The van der Waals surface area contributed by atoms with Crippen molar-refractivity contribution in [2.45, 2.75) is 26.3 Å². The molecule has 0 fully saturated rings. The van der Waals surface area contributed by atoms with Crippen LogP contribution in [0.15, 0.2) is 18.2 Å². The molecule has 1 heterocycles. The van der Waals surface area contributed by atoms with Crippen LogP contribution in [-0.2, 0) is 5.54 Å². The first-order chi connectivity index (χ1) is 8.45. The molecule has 96 valence electrons. The van der Waals surface area contributed by atoms with E-state index in [1.807, 2.05) is 32.9 Å². The fourth-order valence-corrected chi connectivity index (χ4v) is 1.77. The minimum Gasteiger partial charge on any atom is -0.494 e. The number of nitrogens with two attached hydrogens (primary N) is 1. The van der Waals surface area contributed by atoms with E-state index in [1.165, 1.54) is 0 Å². The molecule has 0 radical (unpaired) electrons. The molecule has 2 aromatic rings. The number of hydrogen-bond donors (Lipinski definition) is 1. The lowest BCUT2D eigenvalue weighted by atomic mass is 10.1. The van der Waals surface area contributed by atoms with Crippen molar-refractivity contribution >= 4 is 5.69 Å². The van der Waals surface area contributed by atoms with Gasteiger partial charge in [0, 0.05) is 0 Å². The molecule has 0 atom stereocenters. The Balaban J connectivity index is 2.64. The van der Waals surface area contributed by atoms with Gasteiger partial charge in [-0.15, -0.1) is 5.10 Å². The molecule has 0 spiro atoms. The van der Waals surface area contributed by atoms with E-state index in [1.54, 1.807) is 17.9 Å². The van der Waals surface area contributed by atoms with Gasteiger partial charge in [-0.2, -0.15) is 0 Å². The zero-order valence-electron chi connectivity index (χ0n) is 11.0. The van der Waals surface area contributed by atoms with Gasteiger partial charge in [0.25, 0.3) is 0 Å². The molecule has 0 aliphatic rings. The van der Waals surface area contributed by atoms with E-state index in [0.717, 1.165) is 5.56 Å². The van der Waals surface area contributed by atoms with Gasteiger partial charge in [0.2, 0.25) is 0 Å². The molecule has 0 saturated carbocycles. The number of para-hydroxylation sites is 1. The number of rotatable bonds is 2. The van der Waals surface area contributed by atoms with Crippen molar-refractivity contribution in [1.82, 2.24) is 20.2 Å². The molecule has 0 unspecified atom stereocenters. The van der Waals surface area contributed by atoms with Gasteiger partial charge >= 0.3 is 0 Å². The third-order valence-electron chi connectivity index (χ3n) is 2.60. The van der Waals surface area contributed by atoms with Crippen LogP contribution < -0.4 is 10.5 Å². The Labute approximate surface area is 106 Å². The zero-order chi connectivity index (χ0) is 13.3. The molecule has 1 aromatic carbocycles. The second-order valence-corrected chi connectivity index (χ2v) is 5.01. The summed E-state index contributed by atoms with van der Waals surface area (Å²) < 4.78 is 7.09. The lowest BCUT2D eigenvalue weighted by Crippen LogP contribution is -2.24. The average molecular weight is 247 g/mol. The number of nitrogen functional groups attached to an aromatic ring is 1. The fourth-order valence-electron chi connectivity index (χ4n) is 1.77. The molecule has 0 aliphatic heterocycles. The smallest absolute Gasteiger partial charge is 0.186 e. The molecular weight excluding hydrogens is 230 g/mol. The predicted molar refractivity (Wildman–Crippen MR) is 69.2 cm³/mol. The normalized spacial score (nSPS) is 11.6. The molecule has 0 aliphatic carbocycles. The molecule has 1 aromatic heterocycles.